The molecule has 0 fully saturated rings. The molecule has 7 heteroatoms. The van der Waals surface area contributed by atoms with E-state index >= 15 is 0 Å². The highest BCUT2D eigenvalue weighted by atomic mass is 32.2. The van der Waals surface area contributed by atoms with Crippen LogP contribution in [0.25, 0.3) is 11.5 Å². The first-order valence-corrected chi connectivity index (χ1v) is 9.62. The summed E-state index contributed by atoms with van der Waals surface area (Å²) in [6.45, 7) is 4.91. The van der Waals surface area contributed by atoms with Crippen LogP contribution >= 0.6 is 0 Å². The van der Waals surface area contributed by atoms with Crippen LogP contribution < -0.4 is 5.32 Å². The lowest BCUT2D eigenvalue weighted by atomic mass is 10.1. The van der Waals surface area contributed by atoms with Crippen LogP contribution in [0.15, 0.2) is 28.7 Å². The Bertz CT molecular complexity index is 725. The number of oxazole rings is 1. The van der Waals surface area contributed by atoms with E-state index in [0.717, 1.165) is 17.5 Å². The third-order valence-corrected chi connectivity index (χ3v) is 4.81. The van der Waals surface area contributed by atoms with Gasteiger partial charge < -0.3 is 14.5 Å². The molecule has 2 aromatic rings. The molecule has 6 nitrogen and oxygen atoms in total. The number of ether oxygens (including phenoxy) is 1. The average Bonchev–Trinajstić information content (AvgIpc) is 2.93. The number of amides is 1. The molecule has 0 aliphatic rings. The Kier molecular flexibility index (Phi) is 7.33. The second-order valence-electron chi connectivity index (χ2n) is 5.81. The van der Waals surface area contributed by atoms with Crippen LogP contribution in [0, 0.1) is 13.8 Å². The highest BCUT2D eigenvalue weighted by Crippen LogP contribution is 2.22. The van der Waals surface area contributed by atoms with Gasteiger partial charge in [0.15, 0.2) is 0 Å². The Morgan fingerprint density at radius 2 is 2.00 bits per heavy atom. The first kappa shape index (κ1) is 19.3. The summed E-state index contributed by atoms with van der Waals surface area (Å²) in [5, 5.41) is 2.73. The van der Waals surface area contributed by atoms with E-state index in [-0.39, 0.29) is 17.4 Å². The van der Waals surface area contributed by atoms with Crippen molar-refractivity contribution >= 4 is 16.7 Å². The fourth-order valence-electron chi connectivity index (χ4n) is 2.23. The summed E-state index contributed by atoms with van der Waals surface area (Å²) in [6.07, 6.45) is 0.733. The van der Waals surface area contributed by atoms with Gasteiger partial charge in [-0.3, -0.25) is 9.00 Å². The van der Waals surface area contributed by atoms with Gasteiger partial charge in [0, 0.05) is 36.6 Å². The van der Waals surface area contributed by atoms with E-state index in [2.05, 4.69) is 10.3 Å². The van der Waals surface area contributed by atoms with Crippen LogP contribution in [-0.2, 0) is 26.1 Å². The normalized spacial score (nSPS) is 12.1. The van der Waals surface area contributed by atoms with Crippen LogP contribution in [0.4, 0.5) is 0 Å². The maximum atomic E-state index is 12.2. The maximum Gasteiger partial charge on any atom is 0.232 e. The number of carbonyl (C=O) groups excluding carboxylic acids is 1. The highest BCUT2D eigenvalue weighted by molar-refractivity contribution is 7.84. The summed E-state index contributed by atoms with van der Waals surface area (Å²) in [5.74, 6) is 1.07. The number of nitrogens with one attached hydrogen (secondary N) is 1. The van der Waals surface area contributed by atoms with E-state index in [0.29, 0.717) is 30.5 Å². The zero-order chi connectivity index (χ0) is 18.2. The lowest BCUT2D eigenvalue weighted by Crippen LogP contribution is -2.30. The Morgan fingerprint density at radius 3 is 2.68 bits per heavy atom. The minimum absolute atomic E-state index is 0.0425. The van der Waals surface area contributed by atoms with Gasteiger partial charge in [-0.1, -0.05) is 17.7 Å². The van der Waals surface area contributed by atoms with Crippen molar-refractivity contribution in [3.63, 3.8) is 0 Å². The number of carbonyl (C=O) groups is 1. The maximum absolute atomic E-state index is 12.2. The smallest absolute Gasteiger partial charge is 0.232 e. The Hall–Kier alpha value is -1.99. The van der Waals surface area contributed by atoms with Crippen molar-refractivity contribution in [2.24, 2.45) is 0 Å². The number of hydrogen-bond donors (Lipinski definition) is 1. The van der Waals surface area contributed by atoms with Gasteiger partial charge in [-0.15, -0.1) is 0 Å². The molecule has 0 radical (unpaired) electrons. The van der Waals surface area contributed by atoms with E-state index in [4.69, 9.17) is 9.15 Å². The number of rotatable bonds is 9. The minimum atomic E-state index is -1.33. The molecule has 136 valence electrons. The predicted molar refractivity (Wildman–Crippen MR) is 97.6 cm³/mol. The monoisotopic (exact) mass is 364 g/mol. The van der Waals surface area contributed by atoms with Gasteiger partial charge in [-0.05, 0) is 32.4 Å². The summed E-state index contributed by atoms with van der Waals surface area (Å²) in [7, 11) is 0.282. The fraction of sp³-hybridized carbons (Fsp3) is 0.444. The second-order valence-corrected chi connectivity index (χ2v) is 7.27. The lowest BCUT2D eigenvalue weighted by molar-refractivity contribution is -0.118. The molecular formula is C18H24N2O4S. The van der Waals surface area contributed by atoms with Crippen molar-refractivity contribution in [1.82, 2.24) is 10.3 Å². The van der Waals surface area contributed by atoms with Crippen LogP contribution in [0.1, 0.15) is 23.4 Å². The molecule has 1 N–H and O–H groups in total. The molecule has 25 heavy (non-hydrogen) atoms. The number of methoxy groups -OCH3 is 1. The van der Waals surface area contributed by atoms with Gasteiger partial charge in [-0.25, -0.2) is 4.98 Å². The summed E-state index contributed by atoms with van der Waals surface area (Å²) < 4.78 is 22.8. The van der Waals surface area contributed by atoms with E-state index in [1.54, 1.807) is 14.0 Å². The van der Waals surface area contributed by atoms with Crippen LogP contribution in [-0.4, -0.2) is 41.1 Å². The summed E-state index contributed by atoms with van der Waals surface area (Å²) in [4.78, 5) is 16.2. The van der Waals surface area contributed by atoms with E-state index in [9.17, 15) is 9.00 Å². The molecule has 1 unspecified atom stereocenters. The van der Waals surface area contributed by atoms with Gasteiger partial charge in [0.1, 0.15) is 11.5 Å². The molecule has 1 atom stereocenters. The van der Waals surface area contributed by atoms with Gasteiger partial charge >= 0.3 is 0 Å². The van der Waals surface area contributed by atoms with Crippen molar-refractivity contribution in [2.75, 3.05) is 26.0 Å². The number of nitrogens with zero attached hydrogens (tertiary/aromatic N) is 1. The number of hydrogen-bond acceptors (Lipinski definition) is 5. The van der Waals surface area contributed by atoms with Crippen LogP contribution in [0.5, 0.6) is 0 Å². The standard InChI is InChI=1S/C18H24N2O4S/c1-13-5-7-15(8-6-13)18-20-16(14(2)24-18)11-25(22)12-17(21)19-9-4-10-23-3/h5-8H,4,9-12H2,1-3H3,(H,19,21). The first-order chi connectivity index (χ1) is 12.0. The molecule has 1 aromatic heterocycles. The number of aryl methyl sites for hydroxylation is 2. The van der Waals surface area contributed by atoms with Gasteiger partial charge in [0.05, 0.1) is 11.4 Å². The van der Waals surface area contributed by atoms with E-state index in [1.807, 2.05) is 31.2 Å². The third-order valence-electron chi connectivity index (χ3n) is 3.63. The Labute approximate surface area is 150 Å². The molecular weight excluding hydrogens is 340 g/mol. The molecule has 0 bridgehead atoms. The van der Waals surface area contributed by atoms with Crippen molar-refractivity contribution < 1.29 is 18.2 Å². The predicted octanol–water partition coefficient (Wildman–Crippen LogP) is 2.36. The largest absolute Gasteiger partial charge is 0.441 e. The van der Waals surface area contributed by atoms with Gasteiger partial charge in [0.2, 0.25) is 11.8 Å². The topological polar surface area (TPSA) is 81.4 Å². The fourth-order valence-corrected chi connectivity index (χ4v) is 3.30. The number of benzene rings is 1. The average molecular weight is 364 g/mol. The lowest BCUT2D eigenvalue weighted by Gasteiger charge is -2.04. The molecule has 1 heterocycles. The molecule has 0 aliphatic heterocycles. The highest BCUT2D eigenvalue weighted by Gasteiger charge is 2.15. The molecule has 0 aliphatic carbocycles. The van der Waals surface area contributed by atoms with Crippen molar-refractivity contribution in [3.8, 4) is 11.5 Å². The summed E-state index contributed by atoms with van der Waals surface area (Å²) >= 11 is 0. The van der Waals surface area contributed by atoms with E-state index < -0.39 is 10.8 Å². The third kappa shape index (κ3) is 6.10. The van der Waals surface area contributed by atoms with Crippen LogP contribution in [0.3, 0.4) is 0 Å². The molecule has 2 rings (SSSR count). The summed E-state index contributed by atoms with van der Waals surface area (Å²) in [6, 6.07) is 7.85. The van der Waals surface area contributed by atoms with Crippen molar-refractivity contribution in [3.05, 3.63) is 41.3 Å². The minimum Gasteiger partial charge on any atom is -0.441 e. The van der Waals surface area contributed by atoms with Gasteiger partial charge in [-0.2, -0.15) is 0 Å². The zero-order valence-electron chi connectivity index (χ0n) is 14.8. The van der Waals surface area contributed by atoms with Gasteiger partial charge in [0.25, 0.3) is 0 Å². The second kappa shape index (κ2) is 9.48. The van der Waals surface area contributed by atoms with E-state index in [1.165, 1.54) is 0 Å². The van der Waals surface area contributed by atoms with Crippen molar-refractivity contribution in [1.29, 1.82) is 0 Å². The molecule has 1 amide bonds. The molecule has 0 spiro atoms. The SMILES string of the molecule is COCCCNC(=O)CS(=O)Cc1nc(-c2ccc(C)cc2)oc1C. The molecule has 1 aromatic carbocycles. The Morgan fingerprint density at radius 1 is 1.28 bits per heavy atom. The molecule has 0 saturated heterocycles. The summed E-state index contributed by atoms with van der Waals surface area (Å²) in [5.41, 5.74) is 2.66. The zero-order valence-corrected chi connectivity index (χ0v) is 15.6. The Balaban J connectivity index is 1.90. The quantitative estimate of drug-likeness (QED) is 0.691. The van der Waals surface area contributed by atoms with Crippen LogP contribution in [0.2, 0.25) is 0 Å². The molecule has 0 saturated carbocycles. The van der Waals surface area contributed by atoms with Crippen molar-refractivity contribution in [2.45, 2.75) is 26.0 Å². The first-order valence-electron chi connectivity index (χ1n) is 8.13. The number of aromatic nitrogens is 1.